The Balaban J connectivity index is 1.84. The summed E-state index contributed by atoms with van der Waals surface area (Å²) < 4.78 is 49.9. The Bertz CT molecular complexity index is 813. The van der Waals surface area contributed by atoms with Gasteiger partial charge < -0.3 is 9.80 Å². The van der Waals surface area contributed by atoms with Gasteiger partial charge in [-0.1, -0.05) is 30.3 Å². The predicted molar refractivity (Wildman–Crippen MR) is 95.1 cm³/mol. The van der Waals surface area contributed by atoms with Gasteiger partial charge in [-0.05, 0) is 30.7 Å². The topological polar surface area (TPSA) is 40.6 Å². The van der Waals surface area contributed by atoms with Gasteiger partial charge in [0.1, 0.15) is 0 Å². The van der Waals surface area contributed by atoms with Crippen molar-refractivity contribution in [3.05, 3.63) is 54.6 Å². The SMILES string of the molecule is O=S(=O)(c1ccccc1N1CCCN(c2ccccc2)CC1)C(F)F. The minimum atomic E-state index is -4.62. The number of rotatable bonds is 4. The van der Waals surface area contributed by atoms with Crippen molar-refractivity contribution in [2.24, 2.45) is 0 Å². The van der Waals surface area contributed by atoms with Crippen LogP contribution in [0.25, 0.3) is 0 Å². The van der Waals surface area contributed by atoms with Gasteiger partial charge >= 0.3 is 5.76 Å². The summed E-state index contributed by atoms with van der Waals surface area (Å²) in [6, 6.07) is 16.0. The first-order chi connectivity index (χ1) is 12.0. The minimum absolute atomic E-state index is 0.293. The highest BCUT2D eigenvalue weighted by Gasteiger charge is 2.31. The highest BCUT2D eigenvalue weighted by atomic mass is 32.2. The van der Waals surface area contributed by atoms with Gasteiger partial charge in [0, 0.05) is 31.9 Å². The molecule has 134 valence electrons. The maximum absolute atomic E-state index is 13.0. The van der Waals surface area contributed by atoms with E-state index in [1.807, 2.05) is 35.2 Å². The van der Waals surface area contributed by atoms with Gasteiger partial charge in [0.2, 0.25) is 9.84 Å². The van der Waals surface area contributed by atoms with E-state index in [4.69, 9.17) is 0 Å². The van der Waals surface area contributed by atoms with Crippen molar-refractivity contribution in [3.63, 3.8) is 0 Å². The first-order valence-electron chi connectivity index (χ1n) is 8.16. The second-order valence-corrected chi connectivity index (χ2v) is 7.82. The molecule has 0 atom stereocenters. The summed E-state index contributed by atoms with van der Waals surface area (Å²) >= 11 is 0. The van der Waals surface area contributed by atoms with Crippen molar-refractivity contribution >= 4 is 21.2 Å². The molecule has 1 aliphatic heterocycles. The molecule has 1 fully saturated rings. The highest BCUT2D eigenvalue weighted by Crippen LogP contribution is 2.30. The van der Waals surface area contributed by atoms with E-state index in [1.54, 1.807) is 12.1 Å². The van der Waals surface area contributed by atoms with Crippen molar-refractivity contribution in [3.8, 4) is 0 Å². The first kappa shape index (κ1) is 17.7. The van der Waals surface area contributed by atoms with Crippen LogP contribution >= 0.6 is 0 Å². The van der Waals surface area contributed by atoms with Crippen LogP contribution in [-0.2, 0) is 9.84 Å². The molecule has 3 rings (SSSR count). The van der Waals surface area contributed by atoms with Crippen molar-refractivity contribution in [1.29, 1.82) is 0 Å². The molecule has 0 spiro atoms. The number of hydrogen-bond acceptors (Lipinski definition) is 4. The van der Waals surface area contributed by atoms with E-state index in [-0.39, 0.29) is 4.90 Å². The Hall–Kier alpha value is -2.15. The highest BCUT2D eigenvalue weighted by molar-refractivity contribution is 7.91. The lowest BCUT2D eigenvalue weighted by molar-refractivity contribution is 0.235. The van der Waals surface area contributed by atoms with Gasteiger partial charge in [-0.3, -0.25) is 0 Å². The first-order valence-corrected chi connectivity index (χ1v) is 9.71. The van der Waals surface area contributed by atoms with Crippen LogP contribution in [0.2, 0.25) is 0 Å². The molecular formula is C18H20F2N2O2S. The normalized spacial score (nSPS) is 16.1. The lowest BCUT2D eigenvalue weighted by Gasteiger charge is -2.26. The third kappa shape index (κ3) is 3.76. The largest absolute Gasteiger partial charge is 0.370 e. The van der Waals surface area contributed by atoms with Crippen LogP contribution in [-0.4, -0.2) is 40.4 Å². The number of para-hydroxylation sites is 2. The maximum atomic E-state index is 13.0. The molecule has 4 nitrogen and oxygen atoms in total. The number of anilines is 2. The van der Waals surface area contributed by atoms with Gasteiger partial charge in [0.05, 0.1) is 10.6 Å². The van der Waals surface area contributed by atoms with E-state index >= 15 is 0 Å². The Labute approximate surface area is 146 Å². The third-order valence-corrected chi connectivity index (χ3v) is 5.79. The molecule has 0 aromatic heterocycles. The monoisotopic (exact) mass is 366 g/mol. The molecule has 0 radical (unpaired) electrons. The molecule has 0 N–H and O–H groups in total. The Morgan fingerprint density at radius 1 is 0.800 bits per heavy atom. The fraction of sp³-hybridized carbons (Fsp3) is 0.333. The van der Waals surface area contributed by atoms with E-state index in [9.17, 15) is 17.2 Å². The fourth-order valence-corrected chi connectivity index (χ4v) is 4.06. The second-order valence-electron chi connectivity index (χ2n) is 5.94. The molecule has 1 aliphatic rings. The third-order valence-electron chi connectivity index (χ3n) is 4.36. The van der Waals surface area contributed by atoms with E-state index < -0.39 is 15.6 Å². The molecule has 0 aliphatic carbocycles. The molecule has 0 amide bonds. The van der Waals surface area contributed by atoms with E-state index in [2.05, 4.69) is 4.90 Å². The van der Waals surface area contributed by atoms with Crippen LogP contribution in [0.1, 0.15) is 6.42 Å². The average molecular weight is 366 g/mol. The molecule has 2 aromatic rings. The number of nitrogens with zero attached hydrogens (tertiary/aromatic N) is 2. The Kier molecular flexibility index (Phi) is 5.22. The standard InChI is InChI=1S/C18H20F2N2O2S/c19-18(20)25(23,24)17-10-5-4-9-16(17)22-12-6-11-21(13-14-22)15-7-2-1-3-8-15/h1-5,7-10,18H,6,11-14H2. The zero-order valence-corrected chi connectivity index (χ0v) is 14.5. The van der Waals surface area contributed by atoms with E-state index in [0.29, 0.717) is 25.3 Å². The number of halogens is 2. The van der Waals surface area contributed by atoms with Crippen molar-refractivity contribution in [2.45, 2.75) is 17.1 Å². The molecule has 1 heterocycles. The molecule has 25 heavy (non-hydrogen) atoms. The summed E-state index contributed by atoms with van der Waals surface area (Å²) in [6.07, 6.45) is 0.817. The average Bonchev–Trinajstić information content (AvgIpc) is 2.88. The molecule has 7 heteroatoms. The van der Waals surface area contributed by atoms with Crippen LogP contribution in [0.15, 0.2) is 59.5 Å². The number of benzene rings is 2. The quantitative estimate of drug-likeness (QED) is 0.832. The van der Waals surface area contributed by atoms with Gasteiger partial charge in [-0.25, -0.2) is 8.42 Å². The fourth-order valence-electron chi connectivity index (χ4n) is 3.11. The van der Waals surface area contributed by atoms with E-state index in [1.165, 1.54) is 12.1 Å². The van der Waals surface area contributed by atoms with Crippen LogP contribution < -0.4 is 9.80 Å². The molecule has 1 saturated heterocycles. The molecular weight excluding hydrogens is 346 g/mol. The molecule has 0 saturated carbocycles. The van der Waals surface area contributed by atoms with E-state index in [0.717, 1.165) is 18.7 Å². The summed E-state index contributed by atoms with van der Waals surface area (Å²) in [6.45, 7) is 2.74. The molecule has 2 aromatic carbocycles. The van der Waals surface area contributed by atoms with Crippen LogP contribution in [0.4, 0.5) is 20.2 Å². The smallest absolute Gasteiger partial charge is 0.341 e. The molecule has 0 bridgehead atoms. The zero-order valence-electron chi connectivity index (χ0n) is 13.7. The summed E-state index contributed by atoms with van der Waals surface area (Å²) in [4.78, 5) is 3.82. The van der Waals surface area contributed by atoms with Gasteiger partial charge in [0.15, 0.2) is 0 Å². The van der Waals surface area contributed by atoms with Crippen molar-refractivity contribution in [1.82, 2.24) is 0 Å². The molecule has 0 unspecified atom stereocenters. The minimum Gasteiger partial charge on any atom is -0.370 e. The van der Waals surface area contributed by atoms with Gasteiger partial charge in [0.25, 0.3) is 0 Å². The van der Waals surface area contributed by atoms with Crippen LogP contribution in [0.5, 0.6) is 0 Å². The summed E-state index contributed by atoms with van der Waals surface area (Å²) in [5.41, 5.74) is 1.47. The summed E-state index contributed by atoms with van der Waals surface area (Å²) in [5, 5.41) is 0. The van der Waals surface area contributed by atoms with Crippen molar-refractivity contribution < 1.29 is 17.2 Å². The Morgan fingerprint density at radius 3 is 2.12 bits per heavy atom. The van der Waals surface area contributed by atoms with Crippen molar-refractivity contribution in [2.75, 3.05) is 36.0 Å². The second kappa shape index (κ2) is 7.39. The summed E-state index contributed by atoms with van der Waals surface area (Å²) in [5.74, 6) is -3.42. The summed E-state index contributed by atoms with van der Waals surface area (Å²) in [7, 11) is -4.62. The maximum Gasteiger partial charge on any atom is 0.341 e. The van der Waals surface area contributed by atoms with Crippen LogP contribution in [0.3, 0.4) is 0 Å². The Morgan fingerprint density at radius 2 is 1.40 bits per heavy atom. The predicted octanol–water partition coefficient (Wildman–Crippen LogP) is 3.40. The zero-order chi connectivity index (χ0) is 17.9. The van der Waals surface area contributed by atoms with Gasteiger partial charge in [-0.15, -0.1) is 0 Å². The van der Waals surface area contributed by atoms with Crippen LogP contribution in [0, 0.1) is 0 Å². The number of sulfone groups is 1. The lowest BCUT2D eigenvalue weighted by atomic mass is 10.2. The lowest BCUT2D eigenvalue weighted by Crippen LogP contribution is -2.31. The number of alkyl halides is 2. The number of hydrogen-bond donors (Lipinski definition) is 0. The van der Waals surface area contributed by atoms with Gasteiger partial charge in [-0.2, -0.15) is 8.78 Å².